The second kappa shape index (κ2) is 9.22. The molecule has 0 saturated carbocycles. The van der Waals surface area contributed by atoms with Crippen molar-refractivity contribution in [3.8, 4) is 5.88 Å². The van der Waals surface area contributed by atoms with Crippen molar-refractivity contribution < 1.29 is 19.1 Å². The summed E-state index contributed by atoms with van der Waals surface area (Å²) in [5.74, 6) is 0.431. The van der Waals surface area contributed by atoms with Crippen LogP contribution in [-0.4, -0.2) is 54.1 Å². The number of ether oxygens (including phenoxy) is 2. The zero-order valence-corrected chi connectivity index (χ0v) is 14.3. The first-order valence-corrected chi connectivity index (χ1v) is 8.28. The highest BCUT2D eigenvalue weighted by molar-refractivity contribution is 5.83. The van der Waals surface area contributed by atoms with Gasteiger partial charge in [-0.1, -0.05) is 6.07 Å². The molecule has 0 bridgehead atoms. The van der Waals surface area contributed by atoms with Gasteiger partial charge in [-0.15, -0.1) is 0 Å². The molecule has 0 spiro atoms. The summed E-state index contributed by atoms with van der Waals surface area (Å²) in [5.41, 5.74) is 0.888. The van der Waals surface area contributed by atoms with Gasteiger partial charge in [0.1, 0.15) is 0 Å². The quantitative estimate of drug-likeness (QED) is 0.808. The maximum Gasteiger partial charge on any atom is 0.223 e. The molecule has 1 saturated heterocycles. The SMILES string of the molecule is CC(C)Oc1ccc(CNC(=O)CCC(=O)N2CCOCC2)cn1. The molecule has 1 N–H and O–H groups in total. The Morgan fingerprint density at radius 3 is 2.67 bits per heavy atom. The number of amides is 2. The lowest BCUT2D eigenvalue weighted by Gasteiger charge is -2.26. The van der Waals surface area contributed by atoms with Gasteiger partial charge in [-0.05, 0) is 19.4 Å². The second-order valence-electron chi connectivity index (χ2n) is 5.94. The van der Waals surface area contributed by atoms with Crippen LogP contribution in [0.4, 0.5) is 0 Å². The van der Waals surface area contributed by atoms with E-state index in [4.69, 9.17) is 9.47 Å². The van der Waals surface area contributed by atoms with Crippen molar-refractivity contribution in [2.24, 2.45) is 0 Å². The molecule has 0 unspecified atom stereocenters. The van der Waals surface area contributed by atoms with Crippen LogP contribution in [-0.2, 0) is 20.9 Å². The molecule has 0 radical (unpaired) electrons. The van der Waals surface area contributed by atoms with Gasteiger partial charge in [0.05, 0.1) is 19.3 Å². The molecule has 2 rings (SSSR count). The zero-order valence-electron chi connectivity index (χ0n) is 14.3. The van der Waals surface area contributed by atoms with Gasteiger partial charge in [0.15, 0.2) is 0 Å². The van der Waals surface area contributed by atoms with Crippen LogP contribution in [0.1, 0.15) is 32.3 Å². The molecule has 132 valence electrons. The summed E-state index contributed by atoms with van der Waals surface area (Å²) in [6.45, 7) is 6.62. The summed E-state index contributed by atoms with van der Waals surface area (Å²) in [6.07, 6.45) is 2.17. The van der Waals surface area contributed by atoms with Crippen molar-refractivity contribution >= 4 is 11.8 Å². The van der Waals surface area contributed by atoms with Crippen molar-refractivity contribution in [3.63, 3.8) is 0 Å². The number of aromatic nitrogens is 1. The lowest BCUT2D eigenvalue weighted by molar-refractivity contribution is -0.137. The van der Waals surface area contributed by atoms with Crippen LogP contribution >= 0.6 is 0 Å². The van der Waals surface area contributed by atoms with Crippen molar-refractivity contribution in [1.82, 2.24) is 15.2 Å². The fraction of sp³-hybridized carbons (Fsp3) is 0.588. The molecule has 1 aromatic rings. The monoisotopic (exact) mass is 335 g/mol. The second-order valence-corrected chi connectivity index (χ2v) is 5.94. The van der Waals surface area contributed by atoms with Crippen molar-refractivity contribution in [2.45, 2.75) is 39.3 Å². The van der Waals surface area contributed by atoms with Crippen molar-refractivity contribution in [1.29, 1.82) is 0 Å². The number of hydrogen-bond acceptors (Lipinski definition) is 5. The third kappa shape index (κ3) is 6.16. The van der Waals surface area contributed by atoms with E-state index in [1.165, 1.54) is 0 Å². The number of rotatable bonds is 7. The number of pyridine rings is 1. The molecule has 24 heavy (non-hydrogen) atoms. The predicted molar refractivity (Wildman–Crippen MR) is 88.5 cm³/mol. The summed E-state index contributed by atoms with van der Waals surface area (Å²) >= 11 is 0. The first-order valence-electron chi connectivity index (χ1n) is 8.28. The molecule has 1 fully saturated rings. The van der Waals surface area contributed by atoms with E-state index in [9.17, 15) is 9.59 Å². The Hall–Kier alpha value is -2.15. The number of carbonyl (C=O) groups is 2. The van der Waals surface area contributed by atoms with Gasteiger partial charge < -0.3 is 19.7 Å². The number of nitrogens with zero attached hydrogens (tertiary/aromatic N) is 2. The molecule has 7 nitrogen and oxygen atoms in total. The van der Waals surface area contributed by atoms with Crippen LogP contribution in [0.3, 0.4) is 0 Å². The number of carbonyl (C=O) groups excluding carboxylic acids is 2. The highest BCUT2D eigenvalue weighted by Crippen LogP contribution is 2.09. The third-order valence-electron chi connectivity index (χ3n) is 3.57. The molecule has 0 aromatic carbocycles. The van der Waals surface area contributed by atoms with Crippen LogP contribution < -0.4 is 10.1 Å². The van der Waals surface area contributed by atoms with E-state index in [1.54, 1.807) is 17.2 Å². The molecule has 1 aliphatic rings. The molecule has 2 heterocycles. The Morgan fingerprint density at radius 2 is 2.04 bits per heavy atom. The average Bonchev–Trinajstić information content (AvgIpc) is 2.59. The number of nitrogens with one attached hydrogen (secondary N) is 1. The molecule has 0 aliphatic carbocycles. The van der Waals surface area contributed by atoms with E-state index in [0.717, 1.165) is 5.56 Å². The third-order valence-corrected chi connectivity index (χ3v) is 3.57. The minimum absolute atomic E-state index is 0.00491. The Morgan fingerprint density at radius 1 is 1.29 bits per heavy atom. The summed E-state index contributed by atoms with van der Waals surface area (Å²) in [6, 6.07) is 3.65. The maximum absolute atomic E-state index is 12.0. The maximum atomic E-state index is 12.0. The Bertz CT molecular complexity index is 539. The summed E-state index contributed by atoms with van der Waals surface area (Å²) in [4.78, 5) is 29.8. The van der Waals surface area contributed by atoms with Crippen LogP contribution in [0.2, 0.25) is 0 Å². The van der Waals surface area contributed by atoms with Crippen LogP contribution in [0.25, 0.3) is 0 Å². The molecule has 1 aliphatic heterocycles. The lowest BCUT2D eigenvalue weighted by Crippen LogP contribution is -2.41. The molecule has 7 heteroatoms. The minimum Gasteiger partial charge on any atom is -0.475 e. The van der Waals surface area contributed by atoms with E-state index >= 15 is 0 Å². The minimum atomic E-state index is -0.140. The molecule has 2 amide bonds. The molecular formula is C17H25N3O4. The van der Waals surface area contributed by atoms with Gasteiger partial charge in [0, 0.05) is 44.7 Å². The fourth-order valence-electron chi connectivity index (χ4n) is 2.31. The van der Waals surface area contributed by atoms with Gasteiger partial charge in [-0.3, -0.25) is 9.59 Å². The number of morpholine rings is 1. The first-order chi connectivity index (χ1) is 11.5. The lowest BCUT2D eigenvalue weighted by atomic mass is 10.2. The molecule has 0 atom stereocenters. The Kier molecular flexibility index (Phi) is 6.99. The fourth-order valence-corrected chi connectivity index (χ4v) is 2.31. The van der Waals surface area contributed by atoms with E-state index in [0.29, 0.717) is 38.7 Å². The van der Waals surface area contributed by atoms with Crippen LogP contribution in [0.5, 0.6) is 5.88 Å². The molecular weight excluding hydrogens is 310 g/mol. The summed E-state index contributed by atoms with van der Waals surface area (Å²) in [7, 11) is 0. The highest BCUT2D eigenvalue weighted by atomic mass is 16.5. The van der Waals surface area contributed by atoms with Crippen molar-refractivity contribution in [2.75, 3.05) is 26.3 Å². The van der Waals surface area contributed by atoms with E-state index < -0.39 is 0 Å². The van der Waals surface area contributed by atoms with E-state index in [2.05, 4.69) is 10.3 Å². The van der Waals surface area contributed by atoms with Gasteiger partial charge >= 0.3 is 0 Å². The van der Waals surface area contributed by atoms with Crippen LogP contribution in [0, 0.1) is 0 Å². The average molecular weight is 335 g/mol. The topological polar surface area (TPSA) is 80.8 Å². The normalized spacial score (nSPS) is 14.5. The molecule has 1 aromatic heterocycles. The van der Waals surface area contributed by atoms with Gasteiger partial charge in [0.2, 0.25) is 17.7 Å². The Balaban J connectivity index is 1.68. The van der Waals surface area contributed by atoms with Gasteiger partial charge in [-0.25, -0.2) is 4.98 Å². The van der Waals surface area contributed by atoms with Gasteiger partial charge in [0.25, 0.3) is 0 Å². The standard InChI is InChI=1S/C17H25N3O4/c1-13(2)24-16-5-3-14(12-19-16)11-18-15(21)4-6-17(22)20-7-9-23-10-8-20/h3,5,12-13H,4,6-11H2,1-2H3,(H,18,21). The van der Waals surface area contributed by atoms with Gasteiger partial charge in [-0.2, -0.15) is 0 Å². The summed E-state index contributed by atoms with van der Waals surface area (Å²) in [5, 5.41) is 2.80. The van der Waals surface area contributed by atoms with Crippen LogP contribution in [0.15, 0.2) is 18.3 Å². The number of hydrogen-bond donors (Lipinski definition) is 1. The largest absolute Gasteiger partial charge is 0.475 e. The smallest absolute Gasteiger partial charge is 0.223 e. The Labute approximate surface area is 142 Å². The van der Waals surface area contributed by atoms with Crippen molar-refractivity contribution in [3.05, 3.63) is 23.9 Å². The highest BCUT2D eigenvalue weighted by Gasteiger charge is 2.17. The van der Waals surface area contributed by atoms with E-state index in [-0.39, 0.29) is 30.8 Å². The van der Waals surface area contributed by atoms with E-state index in [1.807, 2.05) is 19.9 Å². The predicted octanol–water partition coefficient (Wildman–Crippen LogP) is 1.12. The summed E-state index contributed by atoms with van der Waals surface area (Å²) < 4.78 is 10.7. The first kappa shape index (κ1) is 18.2. The zero-order chi connectivity index (χ0) is 17.4.